The number of anilines is 1. The Bertz CT molecular complexity index is 1200. The topological polar surface area (TPSA) is 92.5 Å². The Hall–Kier alpha value is -3.81. The lowest BCUT2D eigenvalue weighted by atomic mass is 10.0. The van der Waals surface area contributed by atoms with Crippen LogP contribution in [0.1, 0.15) is 38.6 Å². The van der Waals surface area contributed by atoms with Gasteiger partial charge in [-0.3, -0.25) is 14.9 Å². The van der Waals surface area contributed by atoms with Crippen LogP contribution in [-0.4, -0.2) is 51.9 Å². The van der Waals surface area contributed by atoms with Crippen LogP contribution in [0.15, 0.2) is 48.5 Å². The number of nitro groups is 1. The summed E-state index contributed by atoms with van der Waals surface area (Å²) in [5, 5.41) is 11.1. The summed E-state index contributed by atoms with van der Waals surface area (Å²) in [5.41, 5.74) is 4.76. The third-order valence-corrected chi connectivity index (χ3v) is 5.94. The maximum Gasteiger partial charge on any atom is 0.270 e. The summed E-state index contributed by atoms with van der Waals surface area (Å²) in [4.78, 5) is 36.8. The molecule has 33 heavy (non-hydrogen) atoms. The van der Waals surface area contributed by atoms with Gasteiger partial charge in [0.1, 0.15) is 11.6 Å². The number of non-ortho nitro benzene ring substituents is 1. The maximum atomic E-state index is 12.9. The van der Waals surface area contributed by atoms with Gasteiger partial charge in [0.25, 0.3) is 11.6 Å². The Balaban J connectivity index is 1.52. The van der Waals surface area contributed by atoms with E-state index in [1.165, 1.54) is 23.3 Å². The Morgan fingerprint density at radius 1 is 1.00 bits per heavy atom. The van der Waals surface area contributed by atoms with Gasteiger partial charge in [0.05, 0.1) is 4.92 Å². The van der Waals surface area contributed by atoms with Crippen LogP contribution in [0.4, 0.5) is 11.5 Å². The number of carbonyl (C=O) groups is 1. The first kappa shape index (κ1) is 22.4. The summed E-state index contributed by atoms with van der Waals surface area (Å²) >= 11 is 0. The molecule has 8 nitrogen and oxygen atoms in total. The van der Waals surface area contributed by atoms with Crippen molar-refractivity contribution in [1.82, 2.24) is 14.9 Å². The maximum absolute atomic E-state index is 12.9. The third-order valence-electron chi connectivity index (χ3n) is 5.94. The number of hydrogen-bond donors (Lipinski definition) is 0. The summed E-state index contributed by atoms with van der Waals surface area (Å²) < 4.78 is 0. The number of nitrogens with zero attached hydrogens (tertiary/aromatic N) is 5. The summed E-state index contributed by atoms with van der Waals surface area (Å²) in [6.45, 7) is 8.32. The van der Waals surface area contributed by atoms with Crippen molar-refractivity contribution < 1.29 is 9.72 Å². The van der Waals surface area contributed by atoms with Crippen LogP contribution in [0, 0.1) is 30.9 Å². The molecule has 1 fully saturated rings. The quantitative estimate of drug-likeness (QED) is 0.437. The van der Waals surface area contributed by atoms with Gasteiger partial charge >= 0.3 is 0 Å². The zero-order valence-electron chi connectivity index (χ0n) is 19.1. The van der Waals surface area contributed by atoms with Gasteiger partial charge in [-0.25, -0.2) is 9.97 Å². The molecule has 1 saturated heterocycles. The SMILES string of the molecule is Cc1cccc(Cc2c(C)nc(C)nc2N2CCN(C(=O)c3cccc([N+](=O)[O-])c3)CC2)c1. The van der Waals surface area contributed by atoms with E-state index in [9.17, 15) is 14.9 Å². The molecule has 1 amide bonds. The number of aromatic nitrogens is 2. The molecule has 1 aromatic heterocycles. The summed E-state index contributed by atoms with van der Waals surface area (Å²) in [6, 6.07) is 14.3. The molecule has 0 bridgehead atoms. The molecule has 1 aliphatic rings. The second-order valence-electron chi connectivity index (χ2n) is 8.41. The first-order valence-corrected chi connectivity index (χ1v) is 11.0. The average Bonchev–Trinajstić information content (AvgIpc) is 2.80. The van der Waals surface area contributed by atoms with Crippen molar-refractivity contribution in [2.24, 2.45) is 0 Å². The molecule has 2 aromatic carbocycles. The third kappa shape index (κ3) is 5.00. The highest BCUT2D eigenvalue weighted by atomic mass is 16.6. The molecule has 0 saturated carbocycles. The van der Waals surface area contributed by atoms with Gasteiger partial charge < -0.3 is 9.80 Å². The van der Waals surface area contributed by atoms with E-state index >= 15 is 0 Å². The lowest BCUT2D eigenvalue weighted by Crippen LogP contribution is -2.49. The number of benzene rings is 2. The van der Waals surface area contributed by atoms with E-state index in [-0.39, 0.29) is 11.6 Å². The van der Waals surface area contributed by atoms with Gasteiger partial charge in [0.2, 0.25) is 0 Å². The molecule has 1 aliphatic heterocycles. The fraction of sp³-hybridized carbons (Fsp3) is 0.320. The van der Waals surface area contributed by atoms with Gasteiger partial charge in [0.15, 0.2) is 0 Å². The summed E-state index contributed by atoms with van der Waals surface area (Å²) in [7, 11) is 0. The molecular weight excluding hydrogens is 418 g/mol. The Kier molecular flexibility index (Phi) is 6.35. The number of hydrogen-bond acceptors (Lipinski definition) is 6. The smallest absolute Gasteiger partial charge is 0.270 e. The van der Waals surface area contributed by atoms with E-state index < -0.39 is 4.92 Å². The predicted molar refractivity (Wildman–Crippen MR) is 127 cm³/mol. The lowest BCUT2D eigenvalue weighted by molar-refractivity contribution is -0.384. The van der Waals surface area contributed by atoms with E-state index in [0.717, 1.165) is 29.3 Å². The minimum absolute atomic E-state index is 0.0767. The van der Waals surface area contributed by atoms with Gasteiger partial charge in [-0.15, -0.1) is 0 Å². The molecule has 0 spiro atoms. The Labute approximate surface area is 193 Å². The molecule has 0 N–H and O–H groups in total. The second kappa shape index (κ2) is 9.36. The normalized spacial score (nSPS) is 13.8. The van der Waals surface area contributed by atoms with E-state index in [4.69, 9.17) is 4.98 Å². The highest BCUT2D eigenvalue weighted by Crippen LogP contribution is 2.26. The van der Waals surface area contributed by atoms with Crippen molar-refractivity contribution in [3.63, 3.8) is 0 Å². The van der Waals surface area contributed by atoms with E-state index in [1.807, 2.05) is 13.8 Å². The zero-order valence-corrected chi connectivity index (χ0v) is 19.1. The predicted octanol–water partition coefficient (Wildman–Crippen LogP) is 3.86. The van der Waals surface area contributed by atoms with Crippen molar-refractivity contribution in [1.29, 1.82) is 0 Å². The van der Waals surface area contributed by atoms with Crippen LogP contribution in [-0.2, 0) is 6.42 Å². The molecule has 8 heteroatoms. The molecule has 0 radical (unpaired) electrons. The summed E-state index contributed by atoms with van der Waals surface area (Å²) in [5.74, 6) is 1.46. The average molecular weight is 446 g/mol. The zero-order chi connectivity index (χ0) is 23.5. The van der Waals surface area contributed by atoms with Crippen molar-refractivity contribution >= 4 is 17.4 Å². The monoisotopic (exact) mass is 445 g/mol. The standard InChI is InChI=1S/C25H27N5O3/c1-17-6-4-7-20(14-17)15-23-18(2)26-19(3)27-24(23)28-10-12-29(13-11-28)25(31)21-8-5-9-22(16-21)30(32)33/h4-9,14,16H,10-13,15H2,1-3H3. The lowest BCUT2D eigenvalue weighted by Gasteiger charge is -2.36. The van der Waals surface area contributed by atoms with Crippen LogP contribution in [0.3, 0.4) is 0 Å². The largest absolute Gasteiger partial charge is 0.353 e. The van der Waals surface area contributed by atoms with Gasteiger partial charge in [-0.1, -0.05) is 35.9 Å². The fourth-order valence-corrected chi connectivity index (χ4v) is 4.27. The fourth-order valence-electron chi connectivity index (χ4n) is 4.27. The minimum Gasteiger partial charge on any atom is -0.353 e. The van der Waals surface area contributed by atoms with Gasteiger partial charge in [-0.05, 0) is 32.4 Å². The number of nitro benzene ring substituents is 1. The van der Waals surface area contributed by atoms with E-state index in [2.05, 4.69) is 41.1 Å². The molecule has 0 atom stereocenters. The minimum atomic E-state index is -0.482. The van der Waals surface area contributed by atoms with Crippen molar-refractivity contribution in [3.05, 3.63) is 92.4 Å². The number of rotatable bonds is 5. The van der Waals surface area contributed by atoms with Gasteiger partial charge in [-0.2, -0.15) is 0 Å². The Morgan fingerprint density at radius 2 is 1.73 bits per heavy atom. The van der Waals surface area contributed by atoms with Crippen LogP contribution < -0.4 is 4.90 Å². The van der Waals surface area contributed by atoms with E-state index in [0.29, 0.717) is 31.7 Å². The highest BCUT2D eigenvalue weighted by molar-refractivity contribution is 5.95. The van der Waals surface area contributed by atoms with Crippen LogP contribution in [0.25, 0.3) is 0 Å². The van der Waals surface area contributed by atoms with Crippen molar-refractivity contribution in [2.75, 3.05) is 31.1 Å². The molecule has 4 rings (SSSR count). The van der Waals surface area contributed by atoms with Gasteiger partial charge in [0, 0.05) is 61.6 Å². The van der Waals surface area contributed by atoms with E-state index in [1.54, 1.807) is 17.0 Å². The molecular formula is C25H27N5O3. The first-order chi connectivity index (χ1) is 15.8. The number of aryl methyl sites for hydroxylation is 3. The van der Waals surface area contributed by atoms with Crippen molar-refractivity contribution in [2.45, 2.75) is 27.2 Å². The van der Waals surface area contributed by atoms with Crippen LogP contribution >= 0.6 is 0 Å². The molecule has 170 valence electrons. The molecule has 2 heterocycles. The van der Waals surface area contributed by atoms with Crippen LogP contribution in [0.5, 0.6) is 0 Å². The number of carbonyl (C=O) groups excluding carboxylic acids is 1. The number of piperazine rings is 1. The number of amides is 1. The second-order valence-corrected chi connectivity index (χ2v) is 8.41. The molecule has 0 unspecified atom stereocenters. The first-order valence-electron chi connectivity index (χ1n) is 11.0. The van der Waals surface area contributed by atoms with Crippen LogP contribution in [0.2, 0.25) is 0 Å². The molecule has 3 aromatic rings. The molecule has 0 aliphatic carbocycles. The van der Waals surface area contributed by atoms with Crippen molar-refractivity contribution in [3.8, 4) is 0 Å². The summed E-state index contributed by atoms with van der Waals surface area (Å²) in [6.07, 6.45) is 0.746. The Morgan fingerprint density at radius 3 is 2.42 bits per heavy atom. The highest BCUT2D eigenvalue weighted by Gasteiger charge is 2.26.